The Morgan fingerprint density at radius 2 is 0.712 bits per heavy atom. The molecule has 5 N–H and O–H groups in total. The lowest BCUT2D eigenvalue weighted by atomic mass is 10.00. The molecule has 59 heavy (non-hydrogen) atoms. The molecule has 4 unspecified atom stereocenters. The Bertz CT molecular complexity index is 935. The molecule has 4 atom stereocenters. The average Bonchev–Trinajstić information content (AvgIpc) is 3.24. The number of carbonyl (C=O) groups is 1. The number of unbranched alkanes of at least 4 members (excludes halogenated alkanes) is 32. The molecule has 0 aliphatic carbocycles. The van der Waals surface area contributed by atoms with Crippen LogP contribution in [0.1, 0.15) is 264 Å². The van der Waals surface area contributed by atoms with Crippen LogP contribution in [0, 0.1) is 0 Å². The van der Waals surface area contributed by atoms with Gasteiger partial charge in [0.05, 0.1) is 18.8 Å². The van der Waals surface area contributed by atoms with Crippen LogP contribution in [0.4, 0.5) is 0 Å². The van der Waals surface area contributed by atoms with E-state index in [1.54, 1.807) is 0 Å². The van der Waals surface area contributed by atoms with E-state index in [2.05, 4.69) is 55.6 Å². The molecule has 0 fully saturated rings. The lowest BCUT2D eigenvalue weighted by Crippen LogP contribution is -2.53. The molecular weight excluding hydrogens is 731 g/mol. The van der Waals surface area contributed by atoms with Gasteiger partial charge in [-0.25, -0.2) is 0 Å². The van der Waals surface area contributed by atoms with Crippen LogP contribution in [0.5, 0.6) is 0 Å². The molecule has 0 aromatic heterocycles. The second kappa shape index (κ2) is 47.6. The molecule has 0 radical (unpaired) electrons. The van der Waals surface area contributed by atoms with Crippen LogP contribution in [0.3, 0.4) is 0 Å². The van der Waals surface area contributed by atoms with Gasteiger partial charge in [0, 0.05) is 0 Å². The number of aliphatic hydroxyl groups excluding tert-OH is 4. The number of amides is 1. The summed E-state index contributed by atoms with van der Waals surface area (Å²) in [6.45, 7) is 4.03. The highest BCUT2D eigenvalue weighted by molar-refractivity contribution is 5.80. The Balaban J connectivity index is 3.64. The molecule has 0 saturated heterocycles. The van der Waals surface area contributed by atoms with E-state index in [1.165, 1.54) is 193 Å². The van der Waals surface area contributed by atoms with Gasteiger partial charge < -0.3 is 25.7 Å². The van der Waals surface area contributed by atoms with Gasteiger partial charge in [-0.3, -0.25) is 4.79 Å². The van der Waals surface area contributed by atoms with E-state index in [0.717, 1.165) is 38.5 Å². The fourth-order valence-electron chi connectivity index (χ4n) is 7.95. The Labute approximate surface area is 367 Å². The third-order valence-electron chi connectivity index (χ3n) is 12.1. The Morgan fingerprint density at radius 1 is 0.407 bits per heavy atom. The van der Waals surface area contributed by atoms with Gasteiger partial charge in [0.2, 0.25) is 5.91 Å². The summed E-state index contributed by atoms with van der Waals surface area (Å²) in [5.74, 6) is -0.596. The summed E-state index contributed by atoms with van der Waals surface area (Å²) in [5.41, 5.74) is 0. The lowest BCUT2D eigenvalue weighted by molar-refractivity contribution is -0.132. The maximum Gasteiger partial charge on any atom is 0.249 e. The van der Waals surface area contributed by atoms with Gasteiger partial charge in [0.15, 0.2) is 0 Å². The minimum atomic E-state index is -1.29. The second-order valence-electron chi connectivity index (χ2n) is 17.8. The number of nitrogens with one attached hydrogen (secondary N) is 1. The molecule has 1 amide bonds. The number of allylic oxidation sites excluding steroid dienone is 6. The maximum absolute atomic E-state index is 12.5. The van der Waals surface area contributed by atoms with E-state index in [9.17, 15) is 25.2 Å². The molecule has 6 nitrogen and oxygen atoms in total. The van der Waals surface area contributed by atoms with Crippen molar-refractivity contribution < 1.29 is 25.2 Å². The standard InChI is InChI=1S/C53H101NO5/c1-3-5-7-9-11-13-15-17-19-20-21-22-23-24-25-26-27-28-29-30-31-32-33-35-37-39-41-43-45-47-51(57)53(59)54-49(48-55)52(58)50(56)46-44-42-40-38-36-34-18-16-14-12-10-8-6-4-2/h16,18,24-25,38,40,49-52,55-58H,3-15,17,19-23,26-37,39,41-48H2,1-2H3,(H,54,59)/b18-16+,25-24-,40-38+. The van der Waals surface area contributed by atoms with Crippen molar-refractivity contribution in [2.75, 3.05) is 6.61 Å². The van der Waals surface area contributed by atoms with Gasteiger partial charge in [-0.15, -0.1) is 0 Å². The molecule has 0 spiro atoms. The van der Waals surface area contributed by atoms with Crippen LogP contribution in [-0.2, 0) is 4.79 Å². The third kappa shape index (κ3) is 41.6. The first-order valence-electron chi connectivity index (χ1n) is 25.9. The van der Waals surface area contributed by atoms with E-state index in [4.69, 9.17) is 0 Å². The topological polar surface area (TPSA) is 110 Å². The second-order valence-corrected chi connectivity index (χ2v) is 17.8. The molecule has 348 valence electrons. The van der Waals surface area contributed by atoms with Crippen LogP contribution >= 0.6 is 0 Å². The summed E-state index contributed by atoms with van der Waals surface area (Å²) < 4.78 is 0. The molecule has 0 aromatic carbocycles. The van der Waals surface area contributed by atoms with Crippen molar-refractivity contribution in [3.63, 3.8) is 0 Å². The fraction of sp³-hybridized carbons (Fsp3) is 0.868. The SMILES string of the molecule is CCCCCCC/C=C/CC/C=C/CCCC(O)C(O)C(CO)NC(=O)C(O)CCCCCCCCCCCCCCC/C=C\CCCCCCCCCCCCCC. The molecule has 0 aromatic rings. The zero-order chi connectivity index (χ0) is 43.1. The molecule has 6 heteroatoms. The Hall–Kier alpha value is -1.47. The predicted octanol–water partition coefficient (Wildman–Crippen LogP) is 14.5. The van der Waals surface area contributed by atoms with Crippen molar-refractivity contribution in [1.82, 2.24) is 5.32 Å². The van der Waals surface area contributed by atoms with Crippen molar-refractivity contribution >= 4 is 5.91 Å². The number of carbonyl (C=O) groups excluding carboxylic acids is 1. The first kappa shape index (κ1) is 57.5. The number of aliphatic hydroxyl groups is 4. The van der Waals surface area contributed by atoms with E-state index < -0.39 is 36.9 Å². The molecule has 0 aliphatic rings. The first-order valence-corrected chi connectivity index (χ1v) is 25.9. The maximum atomic E-state index is 12.5. The summed E-state index contributed by atoms with van der Waals surface area (Å²) >= 11 is 0. The summed E-state index contributed by atoms with van der Waals surface area (Å²) in [6, 6.07) is -1.01. The van der Waals surface area contributed by atoms with Crippen molar-refractivity contribution in [2.45, 2.75) is 289 Å². The van der Waals surface area contributed by atoms with Gasteiger partial charge in [-0.1, -0.05) is 224 Å². The van der Waals surface area contributed by atoms with E-state index >= 15 is 0 Å². The van der Waals surface area contributed by atoms with Crippen molar-refractivity contribution in [1.29, 1.82) is 0 Å². The highest BCUT2D eigenvalue weighted by atomic mass is 16.3. The normalized spacial score (nSPS) is 14.2. The highest BCUT2D eigenvalue weighted by Gasteiger charge is 2.28. The van der Waals surface area contributed by atoms with Crippen LogP contribution in [0.2, 0.25) is 0 Å². The van der Waals surface area contributed by atoms with Gasteiger partial charge >= 0.3 is 0 Å². The quantitative estimate of drug-likeness (QED) is 0.0310. The summed E-state index contributed by atoms with van der Waals surface area (Å²) in [5, 5.41) is 43.7. The van der Waals surface area contributed by atoms with Crippen LogP contribution in [0.15, 0.2) is 36.5 Å². The first-order chi connectivity index (χ1) is 29.0. The predicted molar refractivity (Wildman–Crippen MR) is 256 cm³/mol. The average molecular weight is 832 g/mol. The number of hydrogen-bond acceptors (Lipinski definition) is 5. The zero-order valence-electron chi connectivity index (χ0n) is 39.3. The van der Waals surface area contributed by atoms with E-state index in [-0.39, 0.29) is 0 Å². The van der Waals surface area contributed by atoms with Gasteiger partial charge in [-0.05, 0) is 77.0 Å². The van der Waals surface area contributed by atoms with Crippen LogP contribution in [0.25, 0.3) is 0 Å². The molecule has 0 rings (SSSR count). The van der Waals surface area contributed by atoms with E-state index in [1.807, 2.05) is 0 Å². The van der Waals surface area contributed by atoms with Crippen LogP contribution in [-0.4, -0.2) is 57.3 Å². The van der Waals surface area contributed by atoms with Gasteiger partial charge in [0.25, 0.3) is 0 Å². The molecule has 0 heterocycles. The molecular formula is C53H101NO5. The summed E-state index contributed by atoms with van der Waals surface area (Å²) in [6.07, 6.45) is 57.8. The van der Waals surface area contributed by atoms with Crippen molar-refractivity contribution in [3.8, 4) is 0 Å². The third-order valence-corrected chi connectivity index (χ3v) is 12.1. The monoisotopic (exact) mass is 832 g/mol. The molecule has 0 aliphatic heterocycles. The van der Waals surface area contributed by atoms with Crippen molar-refractivity contribution in [2.24, 2.45) is 0 Å². The summed E-state index contributed by atoms with van der Waals surface area (Å²) in [7, 11) is 0. The minimum absolute atomic E-state index is 0.361. The Kier molecular flexibility index (Phi) is 46.4. The van der Waals surface area contributed by atoms with Crippen LogP contribution < -0.4 is 5.32 Å². The van der Waals surface area contributed by atoms with Crippen molar-refractivity contribution in [3.05, 3.63) is 36.5 Å². The minimum Gasteiger partial charge on any atom is -0.394 e. The largest absolute Gasteiger partial charge is 0.394 e. The smallest absolute Gasteiger partial charge is 0.249 e. The highest BCUT2D eigenvalue weighted by Crippen LogP contribution is 2.16. The Morgan fingerprint density at radius 3 is 1.07 bits per heavy atom. The zero-order valence-corrected chi connectivity index (χ0v) is 39.3. The molecule has 0 saturated carbocycles. The lowest BCUT2D eigenvalue weighted by Gasteiger charge is -2.27. The van der Waals surface area contributed by atoms with E-state index in [0.29, 0.717) is 19.3 Å². The van der Waals surface area contributed by atoms with Gasteiger partial charge in [-0.2, -0.15) is 0 Å². The fourth-order valence-corrected chi connectivity index (χ4v) is 7.95. The summed E-state index contributed by atoms with van der Waals surface area (Å²) in [4.78, 5) is 12.5. The van der Waals surface area contributed by atoms with Gasteiger partial charge in [0.1, 0.15) is 12.2 Å². The number of hydrogen-bond donors (Lipinski definition) is 5. The molecule has 0 bridgehead atoms. The number of rotatable bonds is 47.